The molecule has 16 heavy (non-hydrogen) atoms. The summed E-state index contributed by atoms with van der Waals surface area (Å²) in [7, 11) is 0. The maximum absolute atomic E-state index is 2.43. The van der Waals surface area contributed by atoms with Gasteiger partial charge in [-0.15, -0.1) is 0 Å². The Kier molecular flexibility index (Phi) is 4.40. The molecule has 0 radical (unpaired) electrons. The Hall–Kier alpha value is -0.830. The molecule has 2 rings (SSSR count). The summed E-state index contributed by atoms with van der Waals surface area (Å²) in [5.41, 5.74) is 4.04. The Labute approximate surface area is 111 Å². The quantitative estimate of drug-likeness (QED) is 0.564. The van der Waals surface area contributed by atoms with Crippen LogP contribution in [0, 0.1) is 0 Å². The van der Waals surface area contributed by atoms with Crippen molar-refractivity contribution in [2.24, 2.45) is 0 Å². The lowest BCUT2D eigenvalue weighted by atomic mass is 10.0. The molecule has 0 fully saturated rings. The van der Waals surface area contributed by atoms with Gasteiger partial charge in [0.25, 0.3) is 0 Å². The van der Waals surface area contributed by atoms with Crippen LogP contribution in [0.2, 0.25) is 0 Å². The second kappa shape index (κ2) is 6.04. The summed E-state index contributed by atoms with van der Waals surface area (Å²) in [5.74, 6) is 0. The van der Waals surface area contributed by atoms with E-state index in [1.807, 2.05) is 0 Å². The van der Waals surface area contributed by atoms with Gasteiger partial charge in [0, 0.05) is 0 Å². The second-order valence-electron chi connectivity index (χ2n) is 3.86. The summed E-state index contributed by atoms with van der Waals surface area (Å²) < 4.78 is 1.23. The van der Waals surface area contributed by atoms with Crippen LogP contribution in [0.5, 0.6) is 0 Å². The number of halogens is 1. The first-order valence-electron chi connectivity index (χ1n) is 5.60. The monoisotopic (exact) mass is 322 g/mol. The van der Waals surface area contributed by atoms with Gasteiger partial charge in [0.1, 0.15) is 0 Å². The fourth-order valence-corrected chi connectivity index (χ4v) is 2.15. The van der Waals surface area contributed by atoms with Gasteiger partial charge in [0.2, 0.25) is 0 Å². The number of hydrogen-bond acceptors (Lipinski definition) is 0. The molecule has 0 aliphatic rings. The van der Waals surface area contributed by atoms with Crippen molar-refractivity contribution in [1.82, 2.24) is 0 Å². The maximum atomic E-state index is 2.43. The predicted molar refractivity (Wildman–Crippen MR) is 79.1 cm³/mol. The Morgan fingerprint density at radius 2 is 1.38 bits per heavy atom. The SMILES string of the molecule is ICCCc1ccc(-c2ccccc2)cc1. The predicted octanol–water partition coefficient (Wildman–Crippen LogP) is 4.72. The lowest BCUT2D eigenvalue weighted by Crippen LogP contribution is -1.86. The van der Waals surface area contributed by atoms with E-state index in [9.17, 15) is 0 Å². The molecule has 0 aromatic heterocycles. The third-order valence-corrected chi connectivity index (χ3v) is 3.42. The molecule has 0 aliphatic heterocycles. The van der Waals surface area contributed by atoms with Gasteiger partial charge in [-0.1, -0.05) is 77.2 Å². The normalized spacial score (nSPS) is 10.3. The van der Waals surface area contributed by atoms with Gasteiger partial charge in [0.05, 0.1) is 0 Å². The van der Waals surface area contributed by atoms with Crippen LogP contribution in [-0.2, 0) is 6.42 Å². The summed E-state index contributed by atoms with van der Waals surface area (Å²) in [4.78, 5) is 0. The van der Waals surface area contributed by atoms with Crippen LogP contribution in [0.1, 0.15) is 12.0 Å². The highest BCUT2D eigenvalue weighted by atomic mass is 127. The highest BCUT2D eigenvalue weighted by Gasteiger charge is 1.97. The van der Waals surface area contributed by atoms with Crippen LogP contribution < -0.4 is 0 Å². The van der Waals surface area contributed by atoms with Crippen LogP contribution in [0.4, 0.5) is 0 Å². The number of aryl methyl sites for hydroxylation is 1. The topological polar surface area (TPSA) is 0 Å². The molecule has 1 heteroatoms. The molecule has 0 saturated carbocycles. The molecule has 0 N–H and O–H groups in total. The van der Waals surface area contributed by atoms with Crippen molar-refractivity contribution in [2.45, 2.75) is 12.8 Å². The summed E-state index contributed by atoms with van der Waals surface area (Å²) in [6, 6.07) is 19.5. The number of hydrogen-bond donors (Lipinski definition) is 0. The molecule has 2 aromatic carbocycles. The molecule has 0 bridgehead atoms. The standard InChI is InChI=1S/C15H15I/c16-12-4-5-13-8-10-15(11-9-13)14-6-2-1-3-7-14/h1-3,6-11H,4-5,12H2. The van der Waals surface area contributed by atoms with E-state index in [1.165, 1.54) is 34.0 Å². The molecule has 2 aromatic rings. The fourth-order valence-electron chi connectivity index (χ4n) is 1.77. The first-order chi connectivity index (χ1) is 7.90. The van der Waals surface area contributed by atoms with Crippen molar-refractivity contribution in [3.8, 4) is 11.1 Å². The zero-order valence-corrected chi connectivity index (χ0v) is 11.4. The average molecular weight is 322 g/mol. The minimum absolute atomic E-state index is 1.19. The van der Waals surface area contributed by atoms with Crippen LogP contribution in [-0.4, -0.2) is 4.43 Å². The smallest absolute Gasteiger partial charge is 0.000156 e. The van der Waals surface area contributed by atoms with E-state index >= 15 is 0 Å². The highest BCUT2D eigenvalue weighted by molar-refractivity contribution is 14.1. The molecular weight excluding hydrogens is 307 g/mol. The number of rotatable bonds is 4. The lowest BCUT2D eigenvalue weighted by Gasteiger charge is -2.03. The van der Waals surface area contributed by atoms with E-state index < -0.39 is 0 Å². The Morgan fingerprint density at radius 1 is 0.750 bits per heavy atom. The van der Waals surface area contributed by atoms with Gasteiger partial charge in [-0.3, -0.25) is 0 Å². The summed E-state index contributed by atoms with van der Waals surface area (Å²) in [6.07, 6.45) is 2.46. The maximum Gasteiger partial charge on any atom is -0.000156 e. The van der Waals surface area contributed by atoms with Crippen molar-refractivity contribution in [3.05, 3.63) is 60.2 Å². The van der Waals surface area contributed by atoms with Crippen molar-refractivity contribution < 1.29 is 0 Å². The van der Waals surface area contributed by atoms with Crippen LogP contribution in [0.3, 0.4) is 0 Å². The van der Waals surface area contributed by atoms with Crippen molar-refractivity contribution in [1.29, 1.82) is 0 Å². The molecule has 0 saturated heterocycles. The summed E-state index contributed by atoms with van der Waals surface area (Å²) in [5, 5.41) is 0. The Balaban J connectivity index is 2.13. The largest absolute Gasteiger partial charge is 0.0864 e. The summed E-state index contributed by atoms with van der Waals surface area (Å²) in [6.45, 7) is 0. The van der Waals surface area contributed by atoms with E-state index in [-0.39, 0.29) is 0 Å². The minimum atomic E-state index is 1.19. The third kappa shape index (κ3) is 3.08. The van der Waals surface area contributed by atoms with Crippen LogP contribution >= 0.6 is 22.6 Å². The number of alkyl halides is 1. The Bertz CT molecular complexity index is 417. The van der Waals surface area contributed by atoms with Gasteiger partial charge < -0.3 is 0 Å². The van der Waals surface area contributed by atoms with E-state index in [1.54, 1.807) is 0 Å². The van der Waals surface area contributed by atoms with Gasteiger partial charge in [0.15, 0.2) is 0 Å². The zero-order chi connectivity index (χ0) is 11.2. The van der Waals surface area contributed by atoms with Gasteiger partial charge in [-0.05, 0) is 34.0 Å². The first kappa shape index (κ1) is 11.6. The van der Waals surface area contributed by atoms with Gasteiger partial charge >= 0.3 is 0 Å². The van der Waals surface area contributed by atoms with E-state index in [0.717, 1.165) is 0 Å². The Morgan fingerprint density at radius 3 is 2.00 bits per heavy atom. The number of benzene rings is 2. The van der Waals surface area contributed by atoms with Crippen molar-refractivity contribution in [2.75, 3.05) is 4.43 Å². The van der Waals surface area contributed by atoms with Crippen LogP contribution in [0.15, 0.2) is 54.6 Å². The summed E-state index contributed by atoms with van der Waals surface area (Å²) >= 11 is 2.43. The molecular formula is C15H15I. The molecule has 0 atom stereocenters. The van der Waals surface area contributed by atoms with E-state index in [4.69, 9.17) is 0 Å². The van der Waals surface area contributed by atoms with Crippen molar-refractivity contribution in [3.63, 3.8) is 0 Å². The average Bonchev–Trinajstić information content (AvgIpc) is 2.38. The zero-order valence-electron chi connectivity index (χ0n) is 9.20. The molecule has 0 aliphatic carbocycles. The molecule has 82 valence electrons. The van der Waals surface area contributed by atoms with E-state index in [2.05, 4.69) is 77.2 Å². The molecule has 0 nitrogen and oxygen atoms in total. The highest BCUT2D eigenvalue weighted by Crippen LogP contribution is 2.19. The first-order valence-corrected chi connectivity index (χ1v) is 7.13. The van der Waals surface area contributed by atoms with Gasteiger partial charge in [-0.2, -0.15) is 0 Å². The minimum Gasteiger partial charge on any atom is -0.0864 e. The molecule has 0 unspecified atom stereocenters. The van der Waals surface area contributed by atoms with Gasteiger partial charge in [-0.25, -0.2) is 0 Å². The van der Waals surface area contributed by atoms with Crippen molar-refractivity contribution >= 4 is 22.6 Å². The fraction of sp³-hybridized carbons (Fsp3) is 0.200. The van der Waals surface area contributed by atoms with E-state index in [0.29, 0.717) is 0 Å². The molecule has 0 heterocycles. The second-order valence-corrected chi connectivity index (χ2v) is 4.93. The molecule has 0 amide bonds. The van der Waals surface area contributed by atoms with Crippen LogP contribution in [0.25, 0.3) is 11.1 Å². The third-order valence-electron chi connectivity index (χ3n) is 2.66. The molecule has 0 spiro atoms. The lowest BCUT2D eigenvalue weighted by molar-refractivity contribution is 0.946.